The topological polar surface area (TPSA) is 61.4 Å². The van der Waals surface area contributed by atoms with E-state index in [1.165, 1.54) is 0 Å². The van der Waals surface area contributed by atoms with Gasteiger partial charge in [-0.2, -0.15) is 0 Å². The Labute approximate surface area is 112 Å². The number of carbonyl (C=O) groups is 1. The first-order valence-electron chi connectivity index (χ1n) is 6.09. The van der Waals surface area contributed by atoms with Gasteiger partial charge >= 0.3 is 5.97 Å². The van der Waals surface area contributed by atoms with E-state index in [0.29, 0.717) is 6.42 Å². The van der Waals surface area contributed by atoms with Crippen molar-refractivity contribution in [3.05, 3.63) is 66.2 Å². The van der Waals surface area contributed by atoms with Crippen molar-refractivity contribution in [2.75, 3.05) is 5.43 Å². The molecule has 2 rings (SSSR count). The number of hydrogen-bond donors (Lipinski definition) is 3. The fourth-order valence-electron chi connectivity index (χ4n) is 1.74. The molecule has 0 fully saturated rings. The standard InChI is InChI=1S/C15H16N2O2/c18-15(19)14(11-12-7-3-1-4-8-12)17-16-13-9-5-2-6-10-13/h1-10,14,16-17H,11H2,(H,18,19). The lowest BCUT2D eigenvalue weighted by Gasteiger charge is -2.16. The first-order chi connectivity index (χ1) is 9.25. The molecule has 0 aliphatic carbocycles. The Balaban J connectivity index is 1.95. The minimum Gasteiger partial charge on any atom is -0.480 e. The molecule has 2 aromatic carbocycles. The summed E-state index contributed by atoms with van der Waals surface area (Å²) in [6.45, 7) is 0. The van der Waals surface area contributed by atoms with Crippen LogP contribution in [0.5, 0.6) is 0 Å². The molecule has 4 nitrogen and oxygen atoms in total. The van der Waals surface area contributed by atoms with Crippen LogP contribution in [-0.2, 0) is 11.2 Å². The number of hydrogen-bond acceptors (Lipinski definition) is 3. The van der Waals surface area contributed by atoms with Gasteiger partial charge in [0.15, 0.2) is 0 Å². The summed E-state index contributed by atoms with van der Waals surface area (Å²) in [4.78, 5) is 11.2. The van der Waals surface area contributed by atoms with Crippen molar-refractivity contribution in [3.8, 4) is 0 Å². The van der Waals surface area contributed by atoms with Crippen LogP contribution in [0.25, 0.3) is 0 Å². The molecule has 0 amide bonds. The maximum absolute atomic E-state index is 11.2. The molecule has 3 N–H and O–H groups in total. The van der Waals surface area contributed by atoms with Crippen molar-refractivity contribution in [1.82, 2.24) is 5.43 Å². The maximum Gasteiger partial charge on any atom is 0.322 e. The van der Waals surface area contributed by atoms with Crippen molar-refractivity contribution in [1.29, 1.82) is 0 Å². The zero-order valence-electron chi connectivity index (χ0n) is 10.4. The summed E-state index contributed by atoms with van der Waals surface area (Å²) in [5.74, 6) is -0.882. The van der Waals surface area contributed by atoms with Crippen LogP contribution in [0.4, 0.5) is 5.69 Å². The van der Waals surface area contributed by atoms with Gasteiger partial charge in [-0.15, -0.1) is 0 Å². The highest BCUT2D eigenvalue weighted by Gasteiger charge is 2.17. The molecule has 0 saturated heterocycles. The fourth-order valence-corrected chi connectivity index (χ4v) is 1.74. The molecule has 0 radical (unpaired) electrons. The van der Waals surface area contributed by atoms with Gasteiger partial charge in [-0.1, -0.05) is 48.5 Å². The van der Waals surface area contributed by atoms with Crippen LogP contribution in [0.1, 0.15) is 5.56 Å². The Morgan fingerprint density at radius 2 is 1.58 bits per heavy atom. The molecule has 19 heavy (non-hydrogen) atoms. The van der Waals surface area contributed by atoms with Gasteiger partial charge in [-0.25, -0.2) is 5.43 Å². The molecule has 0 aliphatic heterocycles. The van der Waals surface area contributed by atoms with Crippen LogP contribution in [-0.4, -0.2) is 17.1 Å². The van der Waals surface area contributed by atoms with Crippen LogP contribution in [0.3, 0.4) is 0 Å². The molecule has 4 heteroatoms. The Bertz CT molecular complexity index is 514. The van der Waals surface area contributed by atoms with E-state index >= 15 is 0 Å². The van der Waals surface area contributed by atoms with Crippen molar-refractivity contribution in [2.24, 2.45) is 0 Å². The van der Waals surface area contributed by atoms with Crippen molar-refractivity contribution < 1.29 is 9.90 Å². The first kappa shape index (κ1) is 13.1. The largest absolute Gasteiger partial charge is 0.480 e. The van der Waals surface area contributed by atoms with E-state index in [-0.39, 0.29) is 0 Å². The van der Waals surface area contributed by atoms with Gasteiger partial charge in [0.1, 0.15) is 6.04 Å². The zero-order valence-corrected chi connectivity index (χ0v) is 10.4. The molecule has 0 heterocycles. The smallest absolute Gasteiger partial charge is 0.322 e. The van der Waals surface area contributed by atoms with Crippen LogP contribution in [0.2, 0.25) is 0 Å². The average molecular weight is 256 g/mol. The van der Waals surface area contributed by atoms with Crippen molar-refractivity contribution >= 4 is 11.7 Å². The van der Waals surface area contributed by atoms with E-state index < -0.39 is 12.0 Å². The molecule has 0 spiro atoms. The van der Waals surface area contributed by atoms with Crippen molar-refractivity contribution in [3.63, 3.8) is 0 Å². The lowest BCUT2D eigenvalue weighted by atomic mass is 10.1. The number of nitrogens with one attached hydrogen (secondary N) is 2. The molecule has 1 atom stereocenters. The van der Waals surface area contributed by atoms with Gasteiger partial charge in [0.2, 0.25) is 0 Å². The third-order valence-electron chi connectivity index (χ3n) is 2.75. The van der Waals surface area contributed by atoms with Gasteiger partial charge in [0, 0.05) is 12.1 Å². The van der Waals surface area contributed by atoms with Gasteiger partial charge in [-0.3, -0.25) is 4.79 Å². The predicted octanol–water partition coefficient (Wildman–Crippen LogP) is 2.30. The Morgan fingerprint density at radius 3 is 2.16 bits per heavy atom. The number of rotatable bonds is 6. The minimum absolute atomic E-state index is 0.427. The van der Waals surface area contributed by atoms with E-state index in [4.69, 9.17) is 0 Å². The summed E-state index contributed by atoms with van der Waals surface area (Å²) in [5.41, 5.74) is 7.57. The first-order valence-corrected chi connectivity index (χ1v) is 6.09. The van der Waals surface area contributed by atoms with Crippen LogP contribution in [0.15, 0.2) is 60.7 Å². The molecular formula is C15H16N2O2. The molecule has 0 aromatic heterocycles. The summed E-state index contributed by atoms with van der Waals surface area (Å²) in [6.07, 6.45) is 0.427. The number of aliphatic carboxylic acids is 1. The van der Waals surface area contributed by atoms with Gasteiger partial charge in [0.05, 0.1) is 0 Å². The highest BCUT2D eigenvalue weighted by Crippen LogP contribution is 2.06. The van der Waals surface area contributed by atoms with Crippen LogP contribution < -0.4 is 10.9 Å². The molecule has 0 bridgehead atoms. The maximum atomic E-state index is 11.2. The minimum atomic E-state index is -0.882. The SMILES string of the molecule is O=C(O)C(Cc1ccccc1)NNc1ccccc1. The Hall–Kier alpha value is -2.33. The second-order valence-corrected chi connectivity index (χ2v) is 4.22. The second kappa shape index (κ2) is 6.56. The Kier molecular flexibility index (Phi) is 4.53. The van der Waals surface area contributed by atoms with E-state index in [1.54, 1.807) is 0 Å². The Morgan fingerprint density at radius 1 is 1.00 bits per heavy atom. The van der Waals surface area contributed by atoms with Crippen molar-refractivity contribution in [2.45, 2.75) is 12.5 Å². The molecule has 1 unspecified atom stereocenters. The molecule has 0 saturated carbocycles. The lowest BCUT2D eigenvalue weighted by molar-refractivity contribution is -0.139. The number of hydrazine groups is 1. The predicted molar refractivity (Wildman–Crippen MR) is 74.8 cm³/mol. The third-order valence-corrected chi connectivity index (χ3v) is 2.75. The highest BCUT2D eigenvalue weighted by molar-refractivity contribution is 5.74. The van der Waals surface area contributed by atoms with E-state index in [0.717, 1.165) is 11.3 Å². The monoisotopic (exact) mass is 256 g/mol. The quantitative estimate of drug-likeness (QED) is 0.694. The number of carboxylic acids is 1. The summed E-state index contributed by atoms with van der Waals surface area (Å²) in [5, 5.41) is 9.21. The number of para-hydroxylation sites is 1. The summed E-state index contributed by atoms with van der Waals surface area (Å²) in [6, 6.07) is 18.3. The zero-order chi connectivity index (χ0) is 13.5. The second-order valence-electron chi connectivity index (χ2n) is 4.22. The summed E-state index contributed by atoms with van der Waals surface area (Å²) in [7, 11) is 0. The average Bonchev–Trinajstić information content (AvgIpc) is 2.45. The molecule has 0 aliphatic rings. The van der Waals surface area contributed by atoms with Gasteiger partial charge < -0.3 is 10.5 Å². The summed E-state index contributed by atoms with van der Waals surface area (Å²) >= 11 is 0. The fraction of sp³-hybridized carbons (Fsp3) is 0.133. The van der Waals surface area contributed by atoms with Gasteiger partial charge in [-0.05, 0) is 17.7 Å². The van der Waals surface area contributed by atoms with Crippen LogP contribution in [0, 0.1) is 0 Å². The van der Waals surface area contributed by atoms with Crippen LogP contribution >= 0.6 is 0 Å². The third kappa shape index (κ3) is 4.12. The number of benzene rings is 2. The summed E-state index contributed by atoms with van der Waals surface area (Å²) < 4.78 is 0. The van der Waals surface area contributed by atoms with Gasteiger partial charge in [0.25, 0.3) is 0 Å². The van der Waals surface area contributed by atoms with E-state index in [9.17, 15) is 9.90 Å². The highest BCUT2D eigenvalue weighted by atomic mass is 16.4. The number of carboxylic acid groups (broad SMARTS) is 1. The molecule has 2 aromatic rings. The number of anilines is 1. The molecular weight excluding hydrogens is 240 g/mol. The van der Waals surface area contributed by atoms with E-state index in [2.05, 4.69) is 10.9 Å². The molecule has 98 valence electrons. The normalized spacial score (nSPS) is 11.8. The lowest BCUT2D eigenvalue weighted by Crippen LogP contribution is -2.41. The van der Waals surface area contributed by atoms with E-state index in [1.807, 2.05) is 60.7 Å².